The summed E-state index contributed by atoms with van der Waals surface area (Å²) in [5, 5.41) is 6.91. The van der Waals surface area contributed by atoms with Crippen LogP contribution in [0.1, 0.15) is 16.8 Å². The summed E-state index contributed by atoms with van der Waals surface area (Å²) < 4.78 is 15.9. The first-order chi connectivity index (χ1) is 9.56. The van der Waals surface area contributed by atoms with Gasteiger partial charge in [-0.1, -0.05) is 23.7 Å². The molecule has 0 amide bonds. The molecule has 0 saturated carbocycles. The van der Waals surface area contributed by atoms with Crippen molar-refractivity contribution in [3.8, 4) is 0 Å². The van der Waals surface area contributed by atoms with Crippen molar-refractivity contribution >= 4 is 22.4 Å². The molecule has 20 heavy (non-hydrogen) atoms. The van der Waals surface area contributed by atoms with Gasteiger partial charge in [0.05, 0.1) is 5.69 Å². The van der Waals surface area contributed by atoms with Crippen LogP contribution in [0.25, 0.3) is 10.8 Å². The van der Waals surface area contributed by atoms with E-state index in [1.54, 1.807) is 10.7 Å². The van der Waals surface area contributed by atoms with Gasteiger partial charge in [-0.25, -0.2) is 4.39 Å². The number of hydrogen-bond acceptors (Lipinski definition) is 1. The third-order valence-corrected chi connectivity index (χ3v) is 3.99. The van der Waals surface area contributed by atoms with Gasteiger partial charge < -0.3 is 0 Å². The SMILES string of the molecule is Cc1c(Cl)ccc2c(Cc3ccn(C)n3)c(F)ccc12. The maximum absolute atomic E-state index is 14.2. The first-order valence-electron chi connectivity index (χ1n) is 6.41. The van der Waals surface area contributed by atoms with Crippen LogP contribution < -0.4 is 0 Å². The number of rotatable bonds is 2. The van der Waals surface area contributed by atoms with Gasteiger partial charge in [-0.15, -0.1) is 0 Å². The number of aryl methyl sites for hydroxylation is 2. The van der Waals surface area contributed by atoms with Gasteiger partial charge in [-0.3, -0.25) is 4.68 Å². The van der Waals surface area contributed by atoms with Gasteiger partial charge in [0.2, 0.25) is 0 Å². The van der Waals surface area contributed by atoms with E-state index in [1.807, 2.05) is 38.4 Å². The van der Waals surface area contributed by atoms with Gasteiger partial charge in [-0.2, -0.15) is 5.10 Å². The van der Waals surface area contributed by atoms with Crippen LogP contribution in [0.4, 0.5) is 4.39 Å². The fourth-order valence-corrected chi connectivity index (χ4v) is 2.65. The summed E-state index contributed by atoms with van der Waals surface area (Å²) in [5.41, 5.74) is 2.50. The highest BCUT2D eigenvalue weighted by atomic mass is 35.5. The highest BCUT2D eigenvalue weighted by Gasteiger charge is 2.12. The number of halogens is 2. The molecule has 0 N–H and O–H groups in total. The first kappa shape index (κ1) is 13.1. The van der Waals surface area contributed by atoms with Gasteiger partial charge >= 0.3 is 0 Å². The lowest BCUT2D eigenvalue weighted by atomic mass is 9.97. The van der Waals surface area contributed by atoms with Gasteiger partial charge in [0, 0.05) is 30.3 Å². The Morgan fingerprint density at radius 1 is 1.15 bits per heavy atom. The molecule has 2 nitrogen and oxygen atoms in total. The Bertz CT molecular complexity index is 793. The van der Waals surface area contributed by atoms with E-state index in [2.05, 4.69) is 5.10 Å². The van der Waals surface area contributed by atoms with Crippen LogP contribution in [0, 0.1) is 12.7 Å². The van der Waals surface area contributed by atoms with Gasteiger partial charge in [0.1, 0.15) is 5.82 Å². The van der Waals surface area contributed by atoms with Gasteiger partial charge in [0.25, 0.3) is 0 Å². The molecule has 0 saturated heterocycles. The Balaban J connectivity index is 2.18. The highest BCUT2D eigenvalue weighted by Crippen LogP contribution is 2.30. The van der Waals surface area contributed by atoms with Crippen LogP contribution in [0.3, 0.4) is 0 Å². The van der Waals surface area contributed by atoms with Crippen LogP contribution in [0.2, 0.25) is 5.02 Å². The van der Waals surface area contributed by atoms with E-state index in [9.17, 15) is 4.39 Å². The minimum Gasteiger partial charge on any atom is -0.276 e. The van der Waals surface area contributed by atoms with E-state index in [4.69, 9.17) is 11.6 Å². The minimum atomic E-state index is -0.204. The molecule has 0 bridgehead atoms. The van der Waals surface area contributed by atoms with Crippen molar-refractivity contribution < 1.29 is 4.39 Å². The van der Waals surface area contributed by atoms with Crippen molar-refractivity contribution in [3.63, 3.8) is 0 Å². The summed E-state index contributed by atoms with van der Waals surface area (Å²) in [4.78, 5) is 0. The molecule has 0 unspecified atom stereocenters. The molecule has 3 aromatic rings. The molecular weight excluding hydrogens is 275 g/mol. The lowest BCUT2D eigenvalue weighted by molar-refractivity contribution is 0.615. The minimum absolute atomic E-state index is 0.204. The Morgan fingerprint density at radius 3 is 2.60 bits per heavy atom. The van der Waals surface area contributed by atoms with Crippen molar-refractivity contribution in [1.29, 1.82) is 0 Å². The monoisotopic (exact) mass is 288 g/mol. The van der Waals surface area contributed by atoms with E-state index in [0.29, 0.717) is 17.0 Å². The largest absolute Gasteiger partial charge is 0.276 e. The zero-order chi connectivity index (χ0) is 14.3. The second-order valence-corrected chi connectivity index (χ2v) is 5.36. The predicted octanol–water partition coefficient (Wildman–Crippen LogP) is 4.27. The molecule has 1 aromatic heterocycles. The van der Waals surface area contributed by atoms with E-state index in [1.165, 1.54) is 6.07 Å². The maximum Gasteiger partial charge on any atom is 0.127 e. The van der Waals surface area contributed by atoms with E-state index in [0.717, 1.165) is 22.0 Å². The summed E-state index contributed by atoms with van der Waals surface area (Å²) in [6, 6.07) is 8.89. The lowest BCUT2D eigenvalue weighted by Crippen LogP contribution is -1.97. The Labute approximate surface area is 121 Å². The fourth-order valence-electron chi connectivity index (χ4n) is 2.48. The van der Waals surface area contributed by atoms with Crippen molar-refractivity contribution in [2.75, 3.05) is 0 Å². The predicted molar refractivity (Wildman–Crippen MR) is 79.7 cm³/mol. The van der Waals surface area contributed by atoms with Crippen LogP contribution in [0.5, 0.6) is 0 Å². The zero-order valence-electron chi connectivity index (χ0n) is 11.3. The Morgan fingerprint density at radius 2 is 1.90 bits per heavy atom. The molecular formula is C16H14ClFN2. The van der Waals surface area contributed by atoms with Gasteiger partial charge in [-0.05, 0) is 41.5 Å². The number of hydrogen-bond donors (Lipinski definition) is 0. The molecule has 0 aliphatic carbocycles. The van der Waals surface area contributed by atoms with Crippen molar-refractivity contribution in [2.45, 2.75) is 13.3 Å². The number of aromatic nitrogens is 2. The molecule has 0 spiro atoms. The van der Waals surface area contributed by atoms with Crippen LogP contribution in [0.15, 0.2) is 36.5 Å². The van der Waals surface area contributed by atoms with E-state index in [-0.39, 0.29) is 5.82 Å². The number of fused-ring (bicyclic) bond motifs is 1. The fraction of sp³-hybridized carbons (Fsp3) is 0.188. The maximum atomic E-state index is 14.2. The van der Waals surface area contributed by atoms with E-state index < -0.39 is 0 Å². The average molecular weight is 289 g/mol. The topological polar surface area (TPSA) is 17.8 Å². The van der Waals surface area contributed by atoms with Crippen LogP contribution in [-0.4, -0.2) is 9.78 Å². The number of benzene rings is 2. The Hall–Kier alpha value is -1.87. The van der Waals surface area contributed by atoms with Crippen LogP contribution >= 0.6 is 11.6 Å². The van der Waals surface area contributed by atoms with Gasteiger partial charge in [0.15, 0.2) is 0 Å². The second-order valence-electron chi connectivity index (χ2n) is 4.95. The van der Waals surface area contributed by atoms with Crippen molar-refractivity contribution in [2.24, 2.45) is 7.05 Å². The molecule has 102 valence electrons. The van der Waals surface area contributed by atoms with Crippen LogP contribution in [-0.2, 0) is 13.5 Å². The lowest BCUT2D eigenvalue weighted by Gasteiger charge is -2.10. The normalized spacial score (nSPS) is 11.2. The molecule has 2 aromatic carbocycles. The standard InChI is InChI=1S/C16H14ClFN2/c1-10-12-4-6-16(18)14(13(12)3-5-15(10)17)9-11-7-8-20(2)19-11/h3-8H,9H2,1-2H3. The molecule has 0 radical (unpaired) electrons. The smallest absolute Gasteiger partial charge is 0.127 e. The quantitative estimate of drug-likeness (QED) is 0.689. The molecule has 0 aliphatic heterocycles. The second kappa shape index (κ2) is 4.91. The van der Waals surface area contributed by atoms with Crippen molar-refractivity contribution in [1.82, 2.24) is 9.78 Å². The average Bonchev–Trinajstić information content (AvgIpc) is 2.83. The molecule has 0 aliphatic rings. The molecule has 0 fully saturated rings. The number of nitrogens with zero attached hydrogens (tertiary/aromatic N) is 2. The first-order valence-corrected chi connectivity index (χ1v) is 6.79. The third kappa shape index (κ3) is 2.18. The highest BCUT2D eigenvalue weighted by molar-refractivity contribution is 6.32. The summed E-state index contributed by atoms with van der Waals surface area (Å²) >= 11 is 6.13. The molecule has 3 rings (SSSR count). The third-order valence-electron chi connectivity index (χ3n) is 3.59. The molecule has 0 atom stereocenters. The van der Waals surface area contributed by atoms with Crippen molar-refractivity contribution in [3.05, 3.63) is 64.2 Å². The summed E-state index contributed by atoms with van der Waals surface area (Å²) in [7, 11) is 1.85. The summed E-state index contributed by atoms with van der Waals surface area (Å²) in [6.07, 6.45) is 2.34. The molecule has 1 heterocycles. The summed E-state index contributed by atoms with van der Waals surface area (Å²) in [6.45, 7) is 1.95. The van der Waals surface area contributed by atoms with E-state index >= 15 is 0 Å². The molecule has 4 heteroatoms. The zero-order valence-corrected chi connectivity index (χ0v) is 12.1. The summed E-state index contributed by atoms with van der Waals surface area (Å²) in [5.74, 6) is -0.204. The Kier molecular flexibility index (Phi) is 3.22.